The van der Waals surface area contributed by atoms with Crippen LogP contribution in [0.15, 0.2) is 146 Å². The van der Waals surface area contributed by atoms with Crippen molar-refractivity contribution in [2.45, 2.75) is 51.4 Å². The Bertz CT molecular complexity index is 3170. The van der Waals surface area contributed by atoms with E-state index in [0.29, 0.717) is 210 Å². The third-order valence-electron chi connectivity index (χ3n) is 17.8. The van der Waals surface area contributed by atoms with Crippen molar-refractivity contribution in [2.75, 3.05) is 159 Å². The van der Waals surface area contributed by atoms with Gasteiger partial charge in [-0.3, -0.25) is 0 Å². The van der Waals surface area contributed by atoms with E-state index in [0.717, 1.165) is 135 Å². The lowest BCUT2D eigenvalue weighted by atomic mass is 9.91. The highest BCUT2D eigenvalue weighted by molar-refractivity contribution is 5.59. The van der Waals surface area contributed by atoms with Gasteiger partial charge in [-0.2, -0.15) is 0 Å². The summed E-state index contributed by atoms with van der Waals surface area (Å²) >= 11 is 0. The van der Waals surface area contributed by atoms with Crippen molar-refractivity contribution in [3.8, 4) is 46.0 Å². The molecular weight excluding hydrogens is 1220 g/mol. The summed E-state index contributed by atoms with van der Waals surface area (Å²) in [6.07, 6.45) is 4.25. The van der Waals surface area contributed by atoms with Crippen LogP contribution in [0.4, 0.5) is 0 Å². The normalized spacial score (nSPS) is 17.8. The van der Waals surface area contributed by atoms with Crippen molar-refractivity contribution in [3.63, 3.8) is 0 Å². The first-order valence-corrected chi connectivity index (χ1v) is 34.2. The van der Waals surface area contributed by atoms with Crippen LogP contribution in [-0.4, -0.2) is 159 Å². The molecule has 24 bridgehead atoms. The average Bonchev–Trinajstić information content (AvgIpc) is 0.820. The fraction of sp³-hybridized carbons (Fsp3) is 0.400. The molecule has 0 radical (unpaired) electrons. The van der Waals surface area contributed by atoms with Crippen LogP contribution in [0.2, 0.25) is 0 Å². The van der Waals surface area contributed by atoms with Gasteiger partial charge in [-0.05, 0) is 89.0 Å². The van der Waals surface area contributed by atoms with Crippen LogP contribution in [0.3, 0.4) is 0 Å². The molecule has 8 aromatic carbocycles. The van der Waals surface area contributed by atoms with E-state index >= 15 is 0 Å². The van der Waals surface area contributed by atoms with E-state index in [1.165, 1.54) is 0 Å². The summed E-state index contributed by atoms with van der Waals surface area (Å²) in [4.78, 5) is 0. The summed E-state index contributed by atoms with van der Waals surface area (Å²) in [5.74, 6) is 6.43. The summed E-state index contributed by atoms with van der Waals surface area (Å²) in [6.45, 7) is 8.86. The Morgan fingerprint density at radius 1 is 0.125 bits per heavy atom. The zero-order chi connectivity index (χ0) is 64.8. The molecule has 8 aromatic rings. The molecule has 16 heteroatoms. The maximum Gasteiger partial charge on any atom is 0.126 e. The number of para-hydroxylation sites is 8. The van der Waals surface area contributed by atoms with E-state index in [2.05, 4.69) is 146 Å². The largest absolute Gasteiger partial charge is 0.491 e. The molecule has 6 aliphatic rings. The third kappa shape index (κ3) is 17.5. The number of rotatable bonds is 0. The highest BCUT2D eigenvalue weighted by Gasteiger charge is 2.26. The van der Waals surface area contributed by atoms with E-state index in [9.17, 15) is 0 Å². The quantitative estimate of drug-likeness (QED) is 0.132. The van der Waals surface area contributed by atoms with Crippen LogP contribution >= 0.6 is 0 Å². The van der Waals surface area contributed by atoms with Crippen LogP contribution in [0.1, 0.15) is 89.0 Å². The van der Waals surface area contributed by atoms with Gasteiger partial charge in [-0.1, -0.05) is 146 Å². The van der Waals surface area contributed by atoms with Crippen molar-refractivity contribution >= 4 is 0 Å². The Balaban J connectivity index is 0.893. The van der Waals surface area contributed by atoms with Gasteiger partial charge in [-0.25, -0.2) is 0 Å². The molecule has 0 aromatic heterocycles. The van der Waals surface area contributed by atoms with Crippen LogP contribution in [0, 0.1) is 0 Å². The summed E-state index contributed by atoms with van der Waals surface area (Å²) in [5, 5.41) is 0. The second-order valence-corrected chi connectivity index (χ2v) is 24.3. The summed E-state index contributed by atoms with van der Waals surface area (Å²) in [6, 6.07) is 51.5. The summed E-state index contributed by atoms with van der Waals surface area (Å²) in [7, 11) is 0. The number of fused-ring (bicyclic) bond motifs is 12. The van der Waals surface area contributed by atoms with Crippen molar-refractivity contribution in [3.05, 3.63) is 235 Å². The van der Waals surface area contributed by atoms with Crippen molar-refractivity contribution in [1.29, 1.82) is 0 Å². The van der Waals surface area contributed by atoms with E-state index in [-0.39, 0.29) is 0 Å². The minimum Gasteiger partial charge on any atom is -0.491 e. The maximum atomic E-state index is 7.03. The molecule has 4 aliphatic heterocycles. The summed E-state index contributed by atoms with van der Waals surface area (Å²) < 4.78 is 105. The van der Waals surface area contributed by atoms with Crippen molar-refractivity contribution in [1.82, 2.24) is 0 Å². The Labute approximate surface area is 563 Å². The zero-order valence-electron chi connectivity index (χ0n) is 55.0. The van der Waals surface area contributed by atoms with Gasteiger partial charge in [0.1, 0.15) is 98.9 Å². The lowest BCUT2D eigenvalue weighted by molar-refractivity contribution is 0.00484. The fourth-order valence-electron chi connectivity index (χ4n) is 13.4. The Morgan fingerprint density at radius 2 is 0.219 bits per heavy atom. The van der Waals surface area contributed by atoms with Crippen LogP contribution in [0.5, 0.6) is 46.0 Å². The standard InChI is InChI=1S/C80H88O16/c1-9-57-49-65-17-5-19-67-51-59-11-2-12-60-52-68-20-6-18-66(50-58(10-1)73(57)89-41-33-83-29-25-81-26-30-84-34-42-90-74(59)60)78(68)94-46-38-88-40-48-96-80-70-22-8-24-72(80)56-64-16-4-15-63-55-71-23-7-21-69(79(71)95-47-39-87-37-45-93-77(65)67)53-61-13-3-14-62(54-70)75(61)91-43-35-85-31-27-82-28-32-86-36-44-92-76(63)64/h1-24H,25-56H2. The molecule has 16 nitrogen and oxygen atoms in total. The van der Waals surface area contributed by atoms with E-state index in [1.54, 1.807) is 0 Å². The molecule has 0 saturated heterocycles. The van der Waals surface area contributed by atoms with Crippen molar-refractivity contribution in [2.24, 2.45) is 0 Å². The van der Waals surface area contributed by atoms with E-state index in [1.807, 2.05) is 0 Å². The van der Waals surface area contributed by atoms with Gasteiger partial charge in [0.15, 0.2) is 0 Å². The Morgan fingerprint density at radius 3 is 0.323 bits per heavy atom. The molecule has 14 rings (SSSR count). The molecule has 0 N–H and O–H groups in total. The van der Waals surface area contributed by atoms with Crippen LogP contribution < -0.4 is 37.9 Å². The Hall–Kier alpha value is -8.16. The molecule has 2 aliphatic carbocycles. The van der Waals surface area contributed by atoms with Gasteiger partial charge in [0, 0.05) is 51.4 Å². The molecule has 0 saturated carbocycles. The number of hydrogen-bond donors (Lipinski definition) is 0. The maximum absolute atomic E-state index is 7.03. The highest BCUT2D eigenvalue weighted by atomic mass is 16.6. The first kappa shape index (κ1) is 66.5. The SMILES string of the molecule is c1cc2c3c(c1)Cc1cccc4c1OCCOCCOc1c5cccc1Cc1cccc6c1OCCOCCOCCOCCOc1c(cccc1C5)Cc1cccc(c1OCCOCCOc1c(cccc1Cc1cccc(c1OCCOCCOCCOCCO3)C4)C2)C6. The number of ether oxygens (including phenoxy) is 16. The van der Waals surface area contributed by atoms with E-state index in [4.69, 9.17) is 75.8 Å². The second kappa shape index (κ2) is 34.7. The molecule has 504 valence electrons. The topological polar surface area (TPSA) is 148 Å². The minimum atomic E-state index is 0.290. The number of benzene rings is 8. The molecule has 0 fully saturated rings. The van der Waals surface area contributed by atoms with Gasteiger partial charge in [-0.15, -0.1) is 0 Å². The second-order valence-electron chi connectivity index (χ2n) is 24.3. The Kier molecular flexibility index (Phi) is 24.0. The lowest BCUT2D eigenvalue weighted by Crippen LogP contribution is -2.17. The van der Waals surface area contributed by atoms with Crippen LogP contribution in [0.25, 0.3) is 0 Å². The molecule has 96 heavy (non-hydrogen) atoms. The molecule has 0 unspecified atom stereocenters. The molecule has 4 heterocycles. The molecule has 0 spiro atoms. The van der Waals surface area contributed by atoms with Crippen molar-refractivity contribution < 1.29 is 75.8 Å². The lowest BCUT2D eigenvalue weighted by Gasteiger charge is -2.23. The predicted molar refractivity (Wildman–Crippen MR) is 364 cm³/mol. The minimum absolute atomic E-state index is 0.290. The third-order valence-corrected chi connectivity index (χ3v) is 17.8. The molecular formula is C80H88O16. The first-order valence-electron chi connectivity index (χ1n) is 34.2. The predicted octanol–water partition coefficient (Wildman–Crippen LogP) is 11.9. The number of hydrogen-bond acceptors (Lipinski definition) is 16. The van der Waals surface area contributed by atoms with Crippen LogP contribution in [-0.2, 0) is 89.3 Å². The van der Waals surface area contributed by atoms with Gasteiger partial charge < -0.3 is 75.8 Å². The summed E-state index contributed by atoms with van der Waals surface area (Å²) in [5.41, 5.74) is 16.3. The van der Waals surface area contributed by atoms with Gasteiger partial charge in [0.05, 0.1) is 106 Å². The molecule has 0 atom stereocenters. The van der Waals surface area contributed by atoms with E-state index < -0.39 is 0 Å². The van der Waals surface area contributed by atoms with Gasteiger partial charge >= 0.3 is 0 Å². The molecule has 0 amide bonds. The smallest absolute Gasteiger partial charge is 0.126 e. The van der Waals surface area contributed by atoms with Gasteiger partial charge in [0.2, 0.25) is 0 Å². The average molecular weight is 1310 g/mol. The zero-order valence-corrected chi connectivity index (χ0v) is 55.0. The fourth-order valence-corrected chi connectivity index (χ4v) is 13.4. The first-order chi connectivity index (χ1) is 47.7. The van der Waals surface area contributed by atoms with Gasteiger partial charge in [0.25, 0.3) is 0 Å². The monoisotopic (exact) mass is 1300 g/mol. The highest BCUT2D eigenvalue weighted by Crippen LogP contribution is 2.42.